The Balaban J connectivity index is 1.70. The maximum atomic E-state index is 13.7. The average Bonchev–Trinajstić information content (AvgIpc) is 3.08. The van der Waals surface area contributed by atoms with Crippen LogP contribution in [-0.4, -0.2) is 54.5 Å². The van der Waals surface area contributed by atoms with E-state index in [9.17, 15) is 27.2 Å². The fourth-order valence-corrected chi connectivity index (χ4v) is 5.75. The van der Waals surface area contributed by atoms with E-state index < -0.39 is 46.1 Å². The van der Waals surface area contributed by atoms with E-state index in [0.717, 1.165) is 5.56 Å². The molecule has 1 unspecified atom stereocenters. The molecule has 0 aliphatic carbocycles. The number of amides is 3. The fraction of sp³-hybridized carbons (Fsp3) is 0.222. The minimum absolute atomic E-state index is 0.00931. The van der Waals surface area contributed by atoms with E-state index in [1.54, 1.807) is 13.0 Å². The SMILES string of the molecule is CCNC(=O)C(Cc1ccccc1)N(Cc1ccc(F)cc1)C(=O)CN1C(=O)c2ccccc2S1(=O)=O. The van der Waals surface area contributed by atoms with Crippen LogP contribution in [0.4, 0.5) is 4.39 Å². The molecule has 1 aliphatic rings. The van der Waals surface area contributed by atoms with Gasteiger partial charge in [0.25, 0.3) is 15.9 Å². The minimum Gasteiger partial charge on any atom is -0.355 e. The Morgan fingerprint density at radius 3 is 2.24 bits per heavy atom. The molecular weight excluding hydrogens is 497 g/mol. The second-order valence-electron chi connectivity index (χ2n) is 8.56. The van der Waals surface area contributed by atoms with Gasteiger partial charge in [-0.05, 0) is 42.3 Å². The number of likely N-dealkylation sites (N-methyl/N-ethyl adjacent to an activating group) is 1. The summed E-state index contributed by atoms with van der Waals surface area (Å²) in [5, 5.41) is 2.74. The van der Waals surface area contributed by atoms with Crippen LogP contribution in [0.15, 0.2) is 83.8 Å². The van der Waals surface area contributed by atoms with E-state index in [2.05, 4.69) is 5.32 Å². The third kappa shape index (κ3) is 5.54. The Hall–Kier alpha value is -4.05. The molecule has 3 aromatic rings. The summed E-state index contributed by atoms with van der Waals surface area (Å²) >= 11 is 0. The van der Waals surface area contributed by atoms with Crippen molar-refractivity contribution in [2.75, 3.05) is 13.1 Å². The summed E-state index contributed by atoms with van der Waals surface area (Å²) in [5.41, 5.74) is 1.31. The van der Waals surface area contributed by atoms with Crippen LogP contribution in [0.5, 0.6) is 0 Å². The zero-order valence-electron chi connectivity index (χ0n) is 20.1. The van der Waals surface area contributed by atoms with Gasteiger partial charge < -0.3 is 10.2 Å². The second-order valence-corrected chi connectivity index (χ2v) is 10.4. The fourth-order valence-electron chi connectivity index (χ4n) is 4.23. The van der Waals surface area contributed by atoms with Gasteiger partial charge in [0.2, 0.25) is 11.8 Å². The molecule has 0 bridgehead atoms. The van der Waals surface area contributed by atoms with Gasteiger partial charge in [-0.1, -0.05) is 54.6 Å². The first-order chi connectivity index (χ1) is 17.7. The zero-order chi connectivity index (χ0) is 26.6. The molecule has 37 heavy (non-hydrogen) atoms. The lowest BCUT2D eigenvalue weighted by Gasteiger charge is -2.32. The third-order valence-electron chi connectivity index (χ3n) is 6.08. The molecule has 3 amide bonds. The molecule has 0 saturated heterocycles. The van der Waals surface area contributed by atoms with Crippen LogP contribution in [0, 0.1) is 5.82 Å². The summed E-state index contributed by atoms with van der Waals surface area (Å²) in [6.07, 6.45) is 0.153. The van der Waals surface area contributed by atoms with Crippen molar-refractivity contribution in [3.63, 3.8) is 0 Å². The van der Waals surface area contributed by atoms with E-state index in [4.69, 9.17) is 0 Å². The van der Waals surface area contributed by atoms with E-state index in [0.29, 0.717) is 16.4 Å². The first kappa shape index (κ1) is 26.0. The number of hydrogen-bond donors (Lipinski definition) is 1. The summed E-state index contributed by atoms with van der Waals surface area (Å²) in [5.74, 6) is -2.43. The Kier molecular flexibility index (Phi) is 7.68. The lowest BCUT2D eigenvalue weighted by Crippen LogP contribution is -2.53. The van der Waals surface area contributed by atoms with Crippen molar-refractivity contribution in [2.24, 2.45) is 0 Å². The largest absolute Gasteiger partial charge is 0.355 e. The van der Waals surface area contributed by atoms with Gasteiger partial charge in [0, 0.05) is 19.5 Å². The number of sulfonamides is 1. The standard InChI is InChI=1S/C27H26FN3O5S/c1-2-29-26(33)23(16-19-8-4-3-5-9-19)30(17-20-12-14-21(28)15-13-20)25(32)18-31-27(34)22-10-6-7-11-24(22)37(31,35)36/h3-15,23H,2,16-18H2,1H3,(H,29,33). The lowest BCUT2D eigenvalue weighted by atomic mass is 10.0. The summed E-state index contributed by atoms with van der Waals surface area (Å²) in [4.78, 5) is 40.9. The lowest BCUT2D eigenvalue weighted by molar-refractivity contribution is -0.141. The van der Waals surface area contributed by atoms with E-state index in [1.165, 1.54) is 47.4 Å². The van der Waals surface area contributed by atoms with Crippen LogP contribution in [0.1, 0.15) is 28.4 Å². The molecule has 4 rings (SSSR count). The van der Waals surface area contributed by atoms with Gasteiger partial charge in [-0.15, -0.1) is 0 Å². The first-order valence-corrected chi connectivity index (χ1v) is 13.2. The predicted octanol–water partition coefficient (Wildman–Crippen LogP) is 2.75. The molecule has 1 aliphatic heterocycles. The molecule has 10 heteroatoms. The number of carbonyl (C=O) groups is 3. The number of fused-ring (bicyclic) bond motifs is 1. The quantitative estimate of drug-likeness (QED) is 0.465. The van der Waals surface area contributed by atoms with Gasteiger partial charge in [-0.25, -0.2) is 17.1 Å². The Morgan fingerprint density at radius 2 is 1.59 bits per heavy atom. The molecule has 1 N–H and O–H groups in total. The molecule has 0 radical (unpaired) electrons. The summed E-state index contributed by atoms with van der Waals surface area (Å²) in [6, 6.07) is 19.3. The summed E-state index contributed by atoms with van der Waals surface area (Å²) in [6.45, 7) is 1.19. The number of rotatable bonds is 9. The highest BCUT2D eigenvalue weighted by Crippen LogP contribution is 2.30. The molecule has 0 saturated carbocycles. The van der Waals surface area contributed by atoms with Gasteiger partial charge in [0.1, 0.15) is 23.3 Å². The van der Waals surface area contributed by atoms with Crippen molar-refractivity contribution in [3.8, 4) is 0 Å². The first-order valence-electron chi connectivity index (χ1n) is 11.7. The Labute approximate surface area is 214 Å². The van der Waals surface area contributed by atoms with E-state index >= 15 is 0 Å². The topological polar surface area (TPSA) is 104 Å². The Morgan fingerprint density at radius 1 is 0.946 bits per heavy atom. The molecule has 1 atom stereocenters. The monoisotopic (exact) mass is 523 g/mol. The van der Waals surface area contributed by atoms with Gasteiger partial charge >= 0.3 is 0 Å². The van der Waals surface area contributed by atoms with Gasteiger partial charge in [0.15, 0.2) is 0 Å². The number of nitrogens with zero attached hydrogens (tertiary/aromatic N) is 2. The molecule has 3 aromatic carbocycles. The second kappa shape index (κ2) is 10.9. The molecule has 0 spiro atoms. The van der Waals surface area contributed by atoms with Crippen LogP contribution in [0.25, 0.3) is 0 Å². The maximum Gasteiger partial charge on any atom is 0.269 e. The number of halogens is 1. The van der Waals surface area contributed by atoms with Crippen LogP contribution < -0.4 is 5.32 Å². The van der Waals surface area contributed by atoms with Gasteiger partial charge in [-0.2, -0.15) is 0 Å². The molecule has 192 valence electrons. The molecule has 0 fully saturated rings. The van der Waals surface area contributed by atoms with E-state index in [-0.39, 0.29) is 23.4 Å². The van der Waals surface area contributed by atoms with Crippen LogP contribution in [-0.2, 0) is 32.6 Å². The van der Waals surface area contributed by atoms with Crippen molar-refractivity contribution in [2.45, 2.75) is 30.8 Å². The molecule has 8 nitrogen and oxygen atoms in total. The predicted molar refractivity (Wildman–Crippen MR) is 134 cm³/mol. The normalized spacial score (nSPS) is 14.6. The van der Waals surface area contributed by atoms with Crippen molar-refractivity contribution in [1.29, 1.82) is 0 Å². The zero-order valence-corrected chi connectivity index (χ0v) is 20.9. The van der Waals surface area contributed by atoms with Gasteiger partial charge in [0.05, 0.1) is 5.56 Å². The number of nitrogens with one attached hydrogen (secondary N) is 1. The van der Waals surface area contributed by atoms with Crippen LogP contribution in [0.2, 0.25) is 0 Å². The van der Waals surface area contributed by atoms with E-state index in [1.807, 2.05) is 30.3 Å². The highest BCUT2D eigenvalue weighted by atomic mass is 32.2. The number of carbonyl (C=O) groups excluding carboxylic acids is 3. The summed E-state index contributed by atoms with van der Waals surface area (Å²) in [7, 11) is -4.23. The number of hydrogen-bond acceptors (Lipinski definition) is 5. The minimum atomic E-state index is -4.23. The summed E-state index contributed by atoms with van der Waals surface area (Å²) < 4.78 is 40.2. The third-order valence-corrected chi connectivity index (χ3v) is 7.87. The smallest absolute Gasteiger partial charge is 0.269 e. The van der Waals surface area contributed by atoms with Gasteiger partial charge in [-0.3, -0.25) is 14.4 Å². The molecular formula is C27H26FN3O5S. The highest BCUT2D eigenvalue weighted by molar-refractivity contribution is 7.90. The average molecular weight is 524 g/mol. The molecule has 1 heterocycles. The van der Waals surface area contributed by atoms with Crippen LogP contribution in [0.3, 0.4) is 0 Å². The van der Waals surface area contributed by atoms with Crippen molar-refractivity contribution in [1.82, 2.24) is 14.5 Å². The van der Waals surface area contributed by atoms with Crippen molar-refractivity contribution >= 4 is 27.7 Å². The number of benzene rings is 3. The highest BCUT2D eigenvalue weighted by Gasteiger charge is 2.43. The Bertz CT molecular complexity index is 1410. The van der Waals surface area contributed by atoms with Crippen LogP contribution >= 0.6 is 0 Å². The van der Waals surface area contributed by atoms with Crippen molar-refractivity contribution < 1.29 is 27.2 Å². The molecule has 0 aromatic heterocycles. The van der Waals surface area contributed by atoms with Crippen molar-refractivity contribution in [3.05, 3.63) is 101 Å². The maximum absolute atomic E-state index is 13.7.